The third-order valence-corrected chi connectivity index (χ3v) is 4.65. The van der Waals surface area contributed by atoms with Crippen LogP contribution in [0.15, 0.2) is 23.0 Å². The number of fused-ring (bicyclic) bond motifs is 1. The number of rotatable bonds is 3. The number of carbonyl (C=O) groups excluding carboxylic acids is 1. The fourth-order valence-corrected chi connectivity index (χ4v) is 3.45. The third kappa shape index (κ3) is 2.64. The van der Waals surface area contributed by atoms with E-state index in [1.165, 1.54) is 10.6 Å². The van der Waals surface area contributed by atoms with Gasteiger partial charge in [0.05, 0.1) is 11.3 Å². The van der Waals surface area contributed by atoms with E-state index < -0.39 is 5.82 Å². The molecule has 126 valence electrons. The Hall–Kier alpha value is -2.43. The molecule has 2 aromatic rings. The summed E-state index contributed by atoms with van der Waals surface area (Å²) in [7, 11) is 1.61. The lowest BCUT2D eigenvalue weighted by Gasteiger charge is -2.17. The van der Waals surface area contributed by atoms with Crippen LogP contribution in [0.1, 0.15) is 40.9 Å². The van der Waals surface area contributed by atoms with Gasteiger partial charge in [0.1, 0.15) is 11.6 Å². The molecule has 0 aliphatic heterocycles. The van der Waals surface area contributed by atoms with Gasteiger partial charge >= 0.3 is 0 Å². The molecule has 0 saturated carbocycles. The highest BCUT2D eigenvalue weighted by molar-refractivity contribution is 5.87. The van der Waals surface area contributed by atoms with E-state index in [0.717, 1.165) is 17.4 Å². The monoisotopic (exact) mass is 328 g/mol. The molecule has 0 atom stereocenters. The summed E-state index contributed by atoms with van der Waals surface area (Å²) in [5.74, 6) is -0.0747. The van der Waals surface area contributed by atoms with Crippen LogP contribution in [0.25, 0.3) is 0 Å². The van der Waals surface area contributed by atoms with Gasteiger partial charge in [-0.2, -0.15) is 0 Å². The molecule has 0 bridgehead atoms. The van der Waals surface area contributed by atoms with Crippen LogP contribution < -0.4 is 10.9 Å². The van der Waals surface area contributed by atoms with Crippen LogP contribution >= 0.6 is 0 Å². The van der Waals surface area contributed by atoms with Crippen molar-refractivity contribution in [1.29, 1.82) is 0 Å². The zero-order valence-electron chi connectivity index (χ0n) is 14.4. The van der Waals surface area contributed by atoms with E-state index in [0.29, 0.717) is 29.8 Å². The van der Waals surface area contributed by atoms with Gasteiger partial charge in [-0.25, -0.2) is 4.39 Å². The fourth-order valence-electron chi connectivity index (χ4n) is 3.45. The molecule has 0 unspecified atom stereocenters. The van der Waals surface area contributed by atoms with Crippen molar-refractivity contribution in [2.24, 2.45) is 12.5 Å². The molecule has 0 fully saturated rings. The number of carbonyl (C=O) groups is 1. The van der Waals surface area contributed by atoms with Crippen LogP contribution in [0.3, 0.4) is 0 Å². The molecule has 3 rings (SSSR count). The first-order chi connectivity index (χ1) is 11.2. The second-order valence-electron chi connectivity index (χ2n) is 7.33. The average molecular weight is 328 g/mol. The van der Waals surface area contributed by atoms with Gasteiger partial charge in [0.2, 0.25) is 0 Å². The lowest BCUT2D eigenvalue weighted by atomic mass is 9.90. The van der Waals surface area contributed by atoms with Gasteiger partial charge in [0.25, 0.3) is 5.56 Å². The Balaban J connectivity index is 2.17. The van der Waals surface area contributed by atoms with Crippen molar-refractivity contribution in [3.8, 4) is 0 Å². The molecule has 0 spiro atoms. The molecule has 1 heterocycles. The first-order valence-corrected chi connectivity index (χ1v) is 7.96. The quantitative estimate of drug-likeness (QED) is 0.877. The topological polar surface area (TPSA) is 51.1 Å². The summed E-state index contributed by atoms with van der Waals surface area (Å²) in [4.78, 5) is 24.4. The number of hydrogen-bond donors (Lipinski definition) is 1. The normalized spacial score (nSPS) is 15.2. The first kappa shape index (κ1) is 16.4. The van der Waals surface area contributed by atoms with Gasteiger partial charge in [-0.05, 0) is 48.4 Å². The first-order valence-electron chi connectivity index (χ1n) is 7.96. The van der Waals surface area contributed by atoms with Crippen molar-refractivity contribution < 1.29 is 9.18 Å². The molecule has 0 saturated heterocycles. The van der Waals surface area contributed by atoms with Crippen molar-refractivity contribution in [3.63, 3.8) is 0 Å². The number of anilines is 2. The predicted molar refractivity (Wildman–Crippen MR) is 92.7 cm³/mol. The van der Waals surface area contributed by atoms with Gasteiger partial charge in [0, 0.05) is 12.6 Å². The van der Waals surface area contributed by atoms with Crippen LogP contribution in [0.5, 0.6) is 0 Å². The summed E-state index contributed by atoms with van der Waals surface area (Å²) in [6.07, 6.45) is 2.07. The van der Waals surface area contributed by atoms with Gasteiger partial charge in [-0.15, -0.1) is 0 Å². The molecule has 1 aliphatic rings. The zero-order chi connectivity index (χ0) is 17.6. The predicted octanol–water partition coefficient (Wildman–Crippen LogP) is 3.51. The summed E-state index contributed by atoms with van der Waals surface area (Å²) in [6, 6.07) is 4.80. The lowest BCUT2D eigenvalue weighted by Crippen LogP contribution is -2.26. The SMILES string of the molecule is Cc1ccc(Nc2c(C=O)c3c(c(=O)n2C)CC(C)(C)C3)c(F)c1. The number of aldehydes is 1. The van der Waals surface area contributed by atoms with Crippen molar-refractivity contribution in [2.75, 3.05) is 5.32 Å². The standard InChI is InChI=1S/C19H21FN2O2/c1-11-5-6-16(15(20)7-11)21-17-14(10-23)12-8-19(2,3)9-13(12)18(24)22(17)4/h5-7,10,21H,8-9H2,1-4H3. The largest absolute Gasteiger partial charge is 0.339 e. The zero-order valence-corrected chi connectivity index (χ0v) is 14.4. The number of pyridine rings is 1. The Labute approximate surface area is 140 Å². The van der Waals surface area contributed by atoms with Crippen molar-refractivity contribution in [3.05, 3.63) is 56.6 Å². The van der Waals surface area contributed by atoms with E-state index in [4.69, 9.17) is 0 Å². The minimum Gasteiger partial charge on any atom is -0.339 e. The van der Waals surface area contributed by atoms with Crippen LogP contribution in [0, 0.1) is 18.2 Å². The summed E-state index contributed by atoms with van der Waals surface area (Å²) >= 11 is 0. The molecule has 1 aromatic carbocycles. The van der Waals surface area contributed by atoms with E-state index in [9.17, 15) is 14.0 Å². The number of aromatic nitrogens is 1. The maximum absolute atomic E-state index is 14.2. The minimum absolute atomic E-state index is 0.0556. The van der Waals surface area contributed by atoms with Gasteiger partial charge in [-0.1, -0.05) is 19.9 Å². The Kier molecular flexibility index (Phi) is 3.82. The molecule has 1 aromatic heterocycles. The maximum Gasteiger partial charge on any atom is 0.255 e. The third-order valence-electron chi connectivity index (χ3n) is 4.65. The summed E-state index contributed by atoms with van der Waals surface area (Å²) < 4.78 is 15.6. The second kappa shape index (κ2) is 5.58. The molecule has 0 radical (unpaired) electrons. The van der Waals surface area contributed by atoms with Crippen molar-refractivity contribution >= 4 is 17.8 Å². The maximum atomic E-state index is 14.2. The van der Waals surface area contributed by atoms with E-state index in [2.05, 4.69) is 19.2 Å². The van der Waals surface area contributed by atoms with E-state index >= 15 is 0 Å². The Morgan fingerprint density at radius 1 is 1.25 bits per heavy atom. The van der Waals surface area contributed by atoms with Gasteiger partial charge in [-0.3, -0.25) is 14.2 Å². The van der Waals surface area contributed by atoms with Crippen molar-refractivity contribution in [1.82, 2.24) is 4.57 Å². The molecule has 0 amide bonds. The number of hydrogen-bond acceptors (Lipinski definition) is 3. The van der Waals surface area contributed by atoms with Gasteiger partial charge < -0.3 is 5.32 Å². The van der Waals surface area contributed by atoms with E-state index in [-0.39, 0.29) is 16.7 Å². The van der Waals surface area contributed by atoms with Crippen LogP contribution in [0.2, 0.25) is 0 Å². The average Bonchev–Trinajstić information content (AvgIpc) is 2.83. The summed E-state index contributed by atoms with van der Waals surface area (Å²) in [5.41, 5.74) is 2.79. The molecule has 1 N–H and O–H groups in total. The van der Waals surface area contributed by atoms with E-state index in [1.54, 1.807) is 26.1 Å². The number of halogens is 1. The van der Waals surface area contributed by atoms with Crippen LogP contribution in [-0.4, -0.2) is 10.9 Å². The second-order valence-corrected chi connectivity index (χ2v) is 7.33. The van der Waals surface area contributed by atoms with Crippen LogP contribution in [-0.2, 0) is 19.9 Å². The number of nitrogens with one attached hydrogen (secondary N) is 1. The molecule has 1 aliphatic carbocycles. The Morgan fingerprint density at radius 3 is 2.54 bits per heavy atom. The van der Waals surface area contributed by atoms with E-state index in [1.807, 2.05) is 0 Å². The fraction of sp³-hybridized carbons (Fsp3) is 0.368. The van der Waals surface area contributed by atoms with Crippen molar-refractivity contribution in [2.45, 2.75) is 33.6 Å². The van der Waals surface area contributed by atoms with Crippen LogP contribution in [0.4, 0.5) is 15.9 Å². The molecule has 4 nitrogen and oxygen atoms in total. The molecule has 5 heteroatoms. The molecular weight excluding hydrogens is 307 g/mol. The Morgan fingerprint density at radius 2 is 1.92 bits per heavy atom. The Bertz CT molecular complexity index is 897. The molecular formula is C19H21FN2O2. The highest BCUT2D eigenvalue weighted by atomic mass is 19.1. The summed E-state index contributed by atoms with van der Waals surface area (Å²) in [6.45, 7) is 5.96. The number of benzene rings is 1. The molecule has 24 heavy (non-hydrogen) atoms. The number of aryl methyl sites for hydroxylation is 1. The highest BCUT2D eigenvalue weighted by Gasteiger charge is 2.34. The van der Waals surface area contributed by atoms with Gasteiger partial charge in [0.15, 0.2) is 6.29 Å². The minimum atomic E-state index is -0.417. The number of nitrogens with zero attached hydrogens (tertiary/aromatic N) is 1. The lowest BCUT2D eigenvalue weighted by molar-refractivity contribution is 0.112. The summed E-state index contributed by atoms with van der Waals surface area (Å²) in [5, 5.41) is 2.94. The highest BCUT2D eigenvalue weighted by Crippen LogP contribution is 2.38. The smallest absolute Gasteiger partial charge is 0.255 e.